The van der Waals surface area contributed by atoms with Gasteiger partial charge in [-0.3, -0.25) is 4.79 Å². The lowest BCUT2D eigenvalue weighted by atomic mass is 10.2. The number of rotatable bonds is 7. The van der Waals surface area contributed by atoms with E-state index in [1.165, 1.54) is 22.7 Å². The van der Waals surface area contributed by atoms with Crippen LogP contribution in [-0.2, 0) is 16.0 Å². The molecule has 8 heteroatoms. The molecule has 3 rings (SSSR count). The lowest BCUT2D eigenvalue weighted by Gasteiger charge is -2.06. The summed E-state index contributed by atoms with van der Waals surface area (Å²) >= 11 is 2.74. The number of aromatic nitrogens is 1. The van der Waals surface area contributed by atoms with E-state index in [2.05, 4.69) is 4.99 Å². The first-order valence-corrected chi connectivity index (χ1v) is 10.3. The SMILES string of the molecule is CCOCCn1c(=NC(=O)c2cccs2)sc2cc(C(=O)OCC)ccc21. The normalized spacial score (nSPS) is 11.9. The van der Waals surface area contributed by atoms with Gasteiger partial charge in [0, 0.05) is 13.2 Å². The third-order valence-corrected chi connectivity index (χ3v) is 5.69. The van der Waals surface area contributed by atoms with Gasteiger partial charge in [0.1, 0.15) is 0 Å². The molecular weight excluding hydrogens is 384 g/mol. The van der Waals surface area contributed by atoms with Crippen molar-refractivity contribution in [2.45, 2.75) is 20.4 Å². The van der Waals surface area contributed by atoms with Gasteiger partial charge in [0.2, 0.25) is 0 Å². The van der Waals surface area contributed by atoms with Gasteiger partial charge >= 0.3 is 5.97 Å². The van der Waals surface area contributed by atoms with Gasteiger partial charge in [0.25, 0.3) is 5.91 Å². The van der Waals surface area contributed by atoms with Crippen LogP contribution in [0, 0.1) is 0 Å². The molecule has 0 unspecified atom stereocenters. The van der Waals surface area contributed by atoms with Crippen molar-refractivity contribution in [3.63, 3.8) is 0 Å². The van der Waals surface area contributed by atoms with Gasteiger partial charge in [-0.15, -0.1) is 11.3 Å². The number of nitrogens with zero attached hydrogens (tertiary/aromatic N) is 2. The zero-order chi connectivity index (χ0) is 19.2. The summed E-state index contributed by atoms with van der Waals surface area (Å²) < 4.78 is 13.4. The lowest BCUT2D eigenvalue weighted by Crippen LogP contribution is -2.19. The van der Waals surface area contributed by atoms with Crippen LogP contribution in [0.1, 0.15) is 33.9 Å². The molecule has 2 heterocycles. The molecule has 142 valence electrons. The monoisotopic (exact) mass is 404 g/mol. The van der Waals surface area contributed by atoms with E-state index in [0.29, 0.717) is 41.6 Å². The number of thiophene rings is 1. The number of hydrogen-bond donors (Lipinski definition) is 0. The molecule has 0 bridgehead atoms. The average Bonchev–Trinajstić information content (AvgIpc) is 3.30. The fourth-order valence-electron chi connectivity index (χ4n) is 2.56. The van der Waals surface area contributed by atoms with Crippen molar-refractivity contribution < 1.29 is 19.1 Å². The van der Waals surface area contributed by atoms with E-state index < -0.39 is 0 Å². The van der Waals surface area contributed by atoms with Gasteiger partial charge in [0.05, 0.1) is 33.9 Å². The lowest BCUT2D eigenvalue weighted by molar-refractivity contribution is 0.0526. The molecule has 0 saturated carbocycles. The van der Waals surface area contributed by atoms with Crippen molar-refractivity contribution in [1.82, 2.24) is 4.57 Å². The minimum atomic E-state index is -0.359. The van der Waals surface area contributed by atoms with Gasteiger partial charge in [-0.25, -0.2) is 4.79 Å². The van der Waals surface area contributed by atoms with Gasteiger partial charge in [-0.05, 0) is 43.5 Å². The highest BCUT2D eigenvalue weighted by Gasteiger charge is 2.13. The van der Waals surface area contributed by atoms with Crippen molar-refractivity contribution in [3.05, 3.63) is 51.0 Å². The molecule has 0 saturated heterocycles. The zero-order valence-electron chi connectivity index (χ0n) is 15.1. The Morgan fingerprint density at radius 1 is 1.19 bits per heavy atom. The molecule has 0 atom stereocenters. The predicted octanol–water partition coefficient (Wildman–Crippen LogP) is 3.72. The predicted molar refractivity (Wildman–Crippen MR) is 106 cm³/mol. The van der Waals surface area contributed by atoms with Crippen molar-refractivity contribution in [2.75, 3.05) is 19.8 Å². The summed E-state index contributed by atoms with van der Waals surface area (Å²) in [4.78, 5) is 29.9. The molecule has 1 amide bonds. The largest absolute Gasteiger partial charge is 0.462 e. The number of amides is 1. The molecule has 0 aliphatic rings. The summed E-state index contributed by atoms with van der Waals surface area (Å²) in [6.07, 6.45) is 0. The zero-order valence-corrected chi connectivity index (χ0v) is 16.8. The van der Waals surface area contributed by atoms with Gasteiger partial charge in [-0.2, -0.15) is 4.99 Å². The van der Waals surface area contributed by atoms with E-state index >= 15 is 0 Å². The van der Waals surface area contributed by atoms with Crippen LogP contribution >= 0.6 is 22.7 Å². The van der Waals surface area contributed by atoms with Crippen LogP contribution in [0.15, 0.2) is 40.7 Å². The van der Waals surface area contributed by atoms with Crippen molar-refractivity contribution in [3.8, 4) is 0 Å². The Morgan fingerprint density at radius 2 is 2.04 bits per heavy atom. The van der Waals surface area contributed by atoms with E-state index in [9.17, 15) is 9.59 Å². The van der Waals surface area contributed by atoms with E-state index in [0.717, 1.165) is 10.2 Å². The Kier molecular flexibility index (Phi) is 6.54. The average molecular weight is 405 g/mol. The second-order valence-corrected chi connectivity index (χ2v) is 7.49. The highest BCUT2D eigenvalue weighted by molar-refractivity contribution is 7.16. The number of esters is 1. The number of carbonyl (C=O) groups is 2. The van der Waals surface area contributed by atoms with Crippen molar-refractivity contribution >= 4 is 44.8 Å². The quantitative estimate of drug-likeness (QED) is 0.445. The second kappa shape index (κ2) is 9.07. The summed E-state index contributed by atoms with van der Waals surface area (Å²) in [5.74, 6) is -0.630. The second-order valence-electron chi connectivity index (χ2n) is 5.53. The topological polar surface area (TPSA) is 69.9 Å². The maximum absolute atomic E-state index is 12.4. The highest BCUT2D eigenvalue weighted by atomic mass is 32.1. The van der Waals surface area contributed by atoms with Crippen molar-refractivity contribution in [2.24, 2.45) is 4.99 Å². The van der Waals surface area contributed by atoms with E-state index in [1.54, 1.807) is 25.1 Å². The molecule has 0 aliphatic heterocycles. The standard InChI is InChI=1S/C19H20N2O4S2/c1-3-24-10-9-21-14-8-7-13(18(23)25-4-2)12-16(14)27-19(21)20-17(22)15-6-5-11-26-15/h5-8,11-12H,3-4,9-10H2,1-2H3. The summed E-state index contributed by atoms with van der Waals surface area (Å²) in [7, 11) is 0. The number of benzene rings is 1. The molecule has 27 heavy (non-hydrogen) atoms. The van der Waals surface area contributed by atoms with Gasteiger partial charge < -0.3 is 14.0 Å². The van der Waals surface area contributed by atoms with Crippen LogP contribution in [-0.4, -0.2) is 36.3 Å². The first-order chi connectivity index (χ1) is 13.1. The van der Waals surface area contributed by atoms with Crippen LogP contribution in [0.5, 0.6) is 0 Å². The van der Waals surface area contributed by atoms with Crippen LogP contribution < -0.4 is 4.80 Å². The van der Waals surface area contributed by atoms with Crippen molar-refractivity contribution in [1.29, 1.82) is 0 Å². The molecule has 0 aliphatic carbocycles. The molecule has 6 nitrogen and oxygen atoms in total. The molecule has 1 aromatic carbocycles. The van der Waals surface area contributed by atoms with Crippen LogP contribution in [0.4, 0.5) is 0 Å². The van der Waals surface area contributed by atoms with Crippen LogP contribution in [0.2, 0.25) is 0 Å². The fourth-order valence-corrected chi connectivity index (χ4v) is 4.26. The van der Waals surface area contributed by atoms with E-state index in [1.807, 2.05) is 29.0 Å². The fraction of sp³-hybridized carbons (Fsp3) is 0.316. The Morgan fingerprint density at radius 3 is 2.74 bits per heavy atom. The minimum absolute atomic E-state index is 0.271. The summed E-state index contributed by atoms with van der Waals surface area (Å²) in [5.41, 5.74) is 1.39. The Bertz CT molecular complexity index is 1000. The van der Waals surface area contributed by atoms with Crippen LogP contribution in [0.25, 0.3) is 10.2 Å². The Hall–Kier alpha value is -2.29. The first-order valence-electron chi connectivity index (χ1n) is 8.64. The third kappa shape index (κ3) is 4.52. The Labute approximate surface area is 164 Å². The molecule has 0 N–H and O–H groups in total. The maximum Gasteiger partial charge on any atom is 0.338 e. The molecule has 0 spiro atoms. The van der Waals surface area contributed by atoms with Gasteiger partial charge in [-0.1, -0.05) is 17.4 Å². The summed E-state index contributed by atoms with van der Waals surface area (Å²) in [6.45, 7) is 5.75. The molecule has 0 fully saturated rings. The third-order valence-electron chi connectivity index (χ3n) is 3.79. The maximum atomic E-state index is 12.4. The van der Waals surface area contributed by atoms with Gasteiger partial charge in [0.15, 0.2) is 4.80 Å². The molecule has 3 aromatic rings. The smallest absolute Gasteiger partial charge is 0.338 e. The minimum Gasteiger partial charge on any atom is -0.462 e. The van der Waals surface area contributed by atoms with E-state index in [4.69, 9.17) is 9.47 Å². The summed E-state index contributed by atoms with van der Waals surface area (Å²) in [5, 5.41) is 1.85. The van der Waals surface area contributed by atoms with E-state index in [-0.39, 0.29) is 11.9 Å². The number of fused-ring (bicyclic) bond motifs is 1. The highest BCUT2D eigenvalue weighted by Crippen LogP contribution is 2.20. The molecule has 0 radical (unpaired) electrons. The Balaban J connectivity index is 2.05. The summed E-state index contributed by atoms with van der Waals surface area (Å²) in [6, 6.07) is 8.96. The number of carbonyl (C=O) groups excluding carboxylic acids is 2. The molecule has 2 aromatic heterocycles. The molecular formula is C19H20N2O4S2. The number of ether oxygens (including phenoxy) is 2. The number of thiazole rings is 1. The number of hydrogen-bond acceptors (Lipinski definition) is 6. The first kappa shape index (κ1) is 19.5. The van der Waals surface area contributed by atoms with Crippen LogP contribution in [0.3, 0.4) is 0 Å².